The molecule has 11 heteroatoms. The zero-order chi connectivity index (χ0) is 36.2. The maximum absolute atomic E-state index is 10.7. The van der Waals surface area contributed by atoms with Crippen LogP contribution in [-0.2, 0) is 29.2 Å². The molecule has 0 rings (SSSR count). The molecular formula is C38H74CaO8S2. The third kappa shape index (κ3) is 48.5. The Morgan fingerprint density at radius 3 is 1.00 bits per heavy atom. The molecule has 2 atom stereocenters. The molecule has 2 unspecified atom stereocenters. The molecule has 0 aromatic heterocycles. The molecule has 0 saturated carbocycles. The van der Waals surface area contributed by atoms with Crippen LogP contribution in [0.2, 0.25) is 0 Å². The minimum absolute atomic E-state index is 0. The summed E-state index contributed by atoms with van der Waals surface area (Å²) in [5.74, 6) is 0.0473. The average Bonchev–Trinajstić information content (AvgIpc) is 3.03. The molecular weight excluding hydrogens is 689 g/mol. The zero-order valence-corrected chi connectivity index (χ0v) is 35.9. The first-order valence-corrected chi connectivity index (χ1v) is 22.2. The Kier molecular flexibility index (Phi) is 43.6. The molecule has 0 aromatic rings. The van der Waals surface area contributed by atoms with Gasteiger partial charge in [-0.25, -0.2) is 16.8 Å². The van der Waals surface area contributed by atoms with Gasteiger partial charge in [-0.3, -0.25) is 8.37 Å². The number of unbranched alkanes of at least 4 members (excludes halogenated alkanes) is 20. The van der Waals surface area contributed by atoms with E-state index in [1.165, 1.54) is 116 Å². The number of hydrogen-bond donors (Lipinski definition) is 0. The van der Waals surface area contributed by atoms with Gasteiger partial charge < -0.3 is 9.11 Å². The largest absolute Gasteiger partial charge is 2.00 e. The van der Waals surface area contributed by atoms with E-state index in [1.54, 1.807) is 0 Å². The predicted octanol–water partition coefficient (Wildman–Crippen LogP) is 11.1. The first-order valence-electron chi connectivity index (χ1n) is 19.5. The van der Waals surface area contributed by atoms with Gasteiger partial charge in [0.1, 0.15) is 0 Å². The van der Waals surface area contributed by atoms with E-state index in [9.17, 15) is 25.9 Å². The van der Waals surface area contributed by atoms with Gasteiger partial charge in [-0.1, -0.05) is 180 Å². The molecule has 8 nitrogen and oxygen atoms in total. The van der Waals surface area contributed by atoms with E-state index in [4.69, 9.17) is 0 Å². The molecule has 0 amide bonds. The van der Waals surface area contributed by atoms with E-state index in [2.05, 4.69) is 48.2 Å². The molecule has 49 heavy (non-hydrogen) atoms. The van der Waals surface area contributed by atoms with Gasteiger partial charge in [0.2, 0.25) is 20.8 Å². The van der Waals surface area contributed by atoms with E-state index in [0.717, 1.165) is 51.4 Å². The van der Waals surface area contributed by atoms with Crippen LogP contribution in [-0.4, -0.2) is 76.9 Å². The fraction of sp³-hybridized carbons (Fsp3) is 0.895. The van der Waals surface area contributed by atoms with Crippen LogP contribution in [0.5, 0.6) is 0 Å². The summed E-state index contributed by atoms with van der Waals surface area (Å²) in [6.45, 7) is 8.77. The van der Waals surface area contributed by atoms with Crippen LogP contribution in [0.15, 0.2) is 24.3 Å². The van der Waals surface area contributed by atoms with Crippen molar-refractivity contribution in [2.24, 2.45) is 11.8 Å². The van der Waals surface area contributed by atoms with Gasteiger partial charge in [0.05, 0.1) is 13.2 Å². The van der Waals surface area contributed by atoms with E-state index in [0.29, 0.717) is 0 Å². The Balaban J connectivity index is -0.000000846. The Bertz CT molecular complexity index is 863. The van der Waals surface area contributed by atoms with Gasteiger partial charge >= 0.3 is 37.7 Å². The zero-order valence-electron chi connectivity index (χ0n) is 32.1. The van der Waals surface area contributed by atoms with Gasteiger partial charge in [-0.05, 0) is 38.5 Å². The summed E-state index contributed by atoms with van der Waals surface area (Å²) in [6, 6.07) is 0. The molecule has 0 spiro atoms. The predicted molar refractivity (Wildman–Crippen MR) is 205 cm³/mol. The first kappa shape index (κ1) is 53.8. The SMILES string of the molecule is CCCCCCC/C=C/C(CCCCCCCC)COS(=O)(=O)[O-].CCCCCCC/C=C/C(CCCCCCCC)COS(=O)(=O)[O-].[Ca+2]. The summed E-state index contributed by atoms with van der Waals surface area (Å²) in [6.07, 6.45) is 39.0. The Labute approximate surface area is 334 Å². The van der Waals surface area contributed by atoms with Crippen molar-refractivity contribution in [3.05, 3.63) is 24.3 Å². The van der Waals surface area contributed by atoms with Crippen LogP contribution >= 0.6 is 0 Å². The summed E-state index contributed by atoms with van der Waals surface area (Å²) in [4.78, 5) is 0. The van der Waals surface area contributed by atoms with Gasteiger partial charge in [0.25, 0.3) is 0 Å². The number of allylic oxidation sites excluding steroid dienone is 2. The second kappa shape index (κ2) is 39.7. The Hall–Kier alpha value is 0.480. The molecule has 0 fully saturated rings. The van der Waals surface area contributed by atoms with Gasteiger partial charge in [0.15, 0.2) is 0 Å². The van der Waals surface area contributed by atoms with Crippen molar-refractivity contribution in [3.8, 4) is 0 Å². The third-order valence-corrected chi connectivity index (χ3v) is 9.32. The van der Waals surface area contributed by atoms with Crippen LogP contribution in [0, 0.1) is 11.8 Å². The first-order chi connectivity index (χ1) is 23.0. The van der Waals surface area contributed by atoms with E-state index in [-0.39, 0.29) is 62.8 Å². The minimum Gasteiger partial charge on any atom is -0.726 e. The van der Waals surface area contributed by atoms with Gasteiger partial charge in [0, 0.05) is 11.8 Å². The average molecular weight is 763 g/mol. The molecule has 0 N–H and O–H groups in total. The number of rotatable bonds is 34. The van der Waals surface area contributed by atoms with Crippen LogP contribution in [0.1, 0.15) is 195 Å². The normalized spacial score (nSPS) is 13.3. The van der Waals surface area contributed by atoms with Crippen molar-refractivity contribution >= 4 is 58.5 Å². The molecule has 0 aliphatic rings. The van der Waals surface area contributed by atoms with Gasteiger partial charge in [-0.15, -0.1) is 0 Å². The summed E-state index contributed by atoms with van der Waals surface area (Å²) in [5, 5.41) is 0. The maximum Gasteiger partial charge on any atom is 2.00 e. The maximum atomic E-state index is 10.7. The van der Waals surface area contributed by atoms with Crippen molar-refractivity contribution in [2.75, 3.05) is 13.2 Å². The fourth-order valence-electron chi connectivity index (χ4n) is 5.49. The van der Waals surface area contributed by atoms with Crippen molar-refractivity contribution in [2.45, 2.75) is 195 Å². The summed E-state index contributed by atoms with van der Waals surface area (Å²) >= 11 is 0. The quantitative estimate of drug-likeness (QED) is 0.0208. The fourth-order valence-corrected chi connectivity index (χ4v) is 6.18. The minimum atomic E-state index is -4.59. The number of hydrogen-bond acceptors (Lipinski definition) is 8. The molecule has 0 aliphatic carbocycles. The molecule has 288 valence electrons. The second-order valence-corrected chi connectivity index (χ2v) is 15.4. The topological polar surface area (TPSA) is 133 Å². The van der Waals surface area contributed by atoms with Crippen molar-refractivity contribution < 1.29 is 34.3 Å². The Morgan fingerprint density at radius 1 is 0.449 bits per heavy atom. The van der Waals surface area contributed by atoms with Crippen molar-refractivity contribution in [3.63, 3.8) is 0 Å². The van der Waals surface area contributed by atoms with E-state index >= 15 is 0 Å². The van der Waals surface area contributed by atoms with E-state index < -0.39 is 20.8 Å². The van der Waals surface area contributed by atoms with Crippen molar-refractivity contribution in [1.82, 2.24) is 0 Å². The van der Waals surface area contributed by atoms with Crippen LogP contribution in [0.25, 0.3) is 0 Å². The molecule has 0 aromatic carbocycles. The molecule has 0 radical (unpaired) electrons. The second-order valence-electron chi connectivity index (χ2n) is 13.3. The molecule has 0 saturated heterocycles. The van der Waals surface area contributed by atoms with Crippen molar-refractivity contribution in [1.29, 1.82) is 0 Å². The molecule has 0 bridgehead atoms. The van der Waals surface area contributed by atoms with Crippen LogP contribution < -0.4 is 0 Å². The van der Waals surface area contributed by atoms with E-state index in [1.807, 2.05) is 12.2 Å². The summed E-state index contributed by atoms with van der Waals surface area (Å²) < 4.78 is 72.9. The molecule has 0 aliphatic heterocycles. The third-order valence-electron chi connectivity index (χ3n) is 8.48. The van der Waals surface area contributed by atoms with Gasteiger partial charge in [-0.2, -0.15) is 0 Å². The Morgan fingerprint density at radius 2 is 0.714 bits per heavy atom. The standard InChI is InChI=1S/2C19H38O4S.Ca/c2*1-3-5-7-9-11-13-15-17-19(18-23-24(20,21)22)16-14-12-10-8-6-4-2;/h2*15,17,19H,3-14,16,18H2,1-2H3,(H,20,21,22);/q;;+2/p-2/b2*17-15+;. The van der Waals surface area contributed by atoms with Crippen LogP contribution in [0.4, 0.5) is 0 Å². The monoisotopic (exact) mass is 762 g/mol. The summed E-state index contributed by atoms with van der Waals surface area (Å²) in [7, 11) is -9.18. The smallest absolute Gasteiger partial charge is 0.726 e. The van der Waals surface area contributed by atoms with Crippen LogP contribution in [0.3, 0.4) is 0 Å². The summed E-state index contributed by atoms with van der Waals surface area (Å²) in [5.41, 5.74) is 0. The molecule has 0 heterocycles.